The van der Waals surface area contributed by atoms with Gasteiger partial charge >= 0.3 is 0 Å². The Kier molecular flexibility index (Phi) is 40.2. The third-order valence-corrected chi connectivity index (χ3v) is 1.47. The van der Waals surface area contributed by atoms with Gasteiger partial charge in [0.05, 0.1) is 12.2 Å². The quantitative estimate of drug-likeness (QED) is 0.677. The van der Waals surface area contributed by atoms with Crippen molar-refractivity contribution >= 4 is 0 Å². The van der Waals surface area contributed by atoms with Crippen LogP contribution in [0, 0.1) is 0 Å². The summed E-state index contributed by atoms with van der Waals surface area (Å²) in [6.07, 6.45) is 1.58. The predicted molar refractivity (Wildman–Crippen MR) is 64.5 cm³/mol. The highest BCUT2D eigenvalue weighted by Gasteiger charge is 2.04. The maximum absolute atomic E-state index is 5.04. The first-order chi connectivity index (χ1) is 4.20. The molecular formula is C11H32O2. The van der Waals surface area contributed by atoms with E-state index in [1.165, 1.54) is 0 Å². The summed E-state index contributed by atoms with van der Waals surface area (Å²) in [5.74, 6) is 0. The van der Waals surface area contributed by atoms with Crippen molar-refractivity contribution in [2.75, 3.05) is 14.2 Å². The molecule has 0 aliphatic carbocycles. The molecule has 0 aliphatic rings. The molecule has 0 spiro atoms. The van der Waals surface area contributed by atoms with Crippen molar-refractivity contribution < 1.29 is 9.47 Å². The molecular weight excluding hydrogens is 164 g/mol. The Bertz CT molecular complexity index is 57.1. The minimum absolute atomic E-state index is 0. The second kappa shape index (κ2) is 17.9. The van der Waals surface area contributed by atoms with E-state index in [1.807, 2.05) is 13.8 Å². The van der Waals surface area contributed by atoms with Gasteiger partial charge in [-0.2, -0.15) is 0 Å². The van der Waals surface area contributed by atoms with E-state index in [0.717, 1.165) is 6.42 Å². The van der Waals surface area contributed by atoms with Gasteiger partial charge in [-0.25, -0.2) is 0 Å². The van der Waals surface area contributed by atoms with E-state index in [4.69, 9.17) is 9.47 Å². The van der Waals surface area contributed by atoms with Crippen molar-refractivity contribution in [2.24, 2.45) is 0 Å². The normalized spacial score (nSPS) is 12.0. The Labute approximate surface area is 86.6 Å². The monoisotopic (exact) mass is 196 g/mol. The summed E-state index contributed by atoms with van der Waals surface area (Å²) >= 11 is 0. The van der Waals surface area contributed by atoms with E-state index in [1.54, 1.807) is 14.2 Å². The molecule has 0 aromatic heterocycles. The van der Waals surface area contributed by atoms with Gasteiger partial charge in [-0.15, -0.1) is 0 Å². The number of hydrogen-bond donors (Lipinski definition) is 0. The van der Waals surface area contributed by atoms with Crippen LogP contribution in [0.5, 0.6) is 0 Å². The largest absolute Gasteiger partial charge is 0.382 e. The van der Waals surface area contributed by atoms with E-state index in [0.29, 0.717) is 12.2 Å². The summed E-state index contributed by atoms with van der Waals surface area (Å²) in [6.45, 7) is 4.07. The number of ether oxygens (including phenoxy) is 2. The Balaban J connectivity index is -0.0000000533. The first-order valence-electron chi connectivity index (χ1n) is 3.26. The van der Waals surface area contributed by atoms with Crippen molar-refractivity contribution in [3.8, 4) is 0 Å². The topological polar surface area (TPSA) is 18.5 Å². The molecule has 0 aromatic rings. The van der Waals surface area contributed by atoms with Crippen LogP contribution in [0.4, 0.5) is 0 Å². The Morgan fingerprint density at radius 3 is 1.15 bits per heavy atom. The van der Waals surface area contributed by atoms with Gasteiger partial charge < -0.3 is 9.47 Å². The standard InChI is InChI=1S/C7H16O2.4CH4/c1-6(8-3)5-7(2)9-4;;;;/h6-7H,5H2,1-4H3;4*1H4. The molecule has 0 fully saturated rings. The molecule has 0 rings (SSSR count). The molecule has 0 amide bonds. The maximum atomic E-state index is 5.04. The van der Waals surface area contributed by atoms with Gasteiger partial charge in [0.25, 0.3) is 0 Å². The van der Waals surface area contributed by atoms with Crippen LogP contribution in [-0.2, 0) is 9.47 Å². The van der Waals surface area contributed by atoms with Crippen LogP contribution in [0.1, 0.15) is 50.0 Å². The van der Waals surface area contributed by atoms with Crippen LogP contribution >= 0.6 is 0 Å². The molecule has 0 aromatic carbocycles. The molecule has 0 radical (unpaired) electrons. The van der Waals surface area contributed by atoms with E-state index in [9.17, 15) is 0 Å². The Hall–Kier alpha value is -0.0800. The van der Waals surface area contributed by atoms with Gasteiger partial charge in [0.1, 0.15) is 0 Å². The van der Waals surface area contributed by atoms with E-state index >= 15 is 0 Å². The van der Waals surface area contributed by atoms with Crippen molar-refractivity contribution in [3.05, 3.63) is 0 Å². The van der Waals surface area contributed by atoms with Crippen molar-refractivity contribution in [2.45, 2.75) is 62.2 Å². The Morgan fingerprint density at radius 1 is 0.769 bits per heavy atom. The summed E-state index contributed by atoms with van der Waals surface area (Å²) in [5, 5.41) is 0. The molecule has 0 saturated heterocycles. The highest BCUT2D eigenvalue weighted by atomic mass is 16.5. The highest BCUT2D eigenvalue weighted by molar-refractivity contribution is 4.55. The molecule has 2 heteroatoms. The van der Waals surface area contributed by atoms with E-state index in [2.05, 4.69) is 0 Å². The smallest absolute Gasteiger partial charge is 0.0567 e. The summed E-state index contributed by atoms with van der Waals surface area (Å²) in [5.41, 5.74) is 0. The predicted octanol–water partition coefficient (Wildman–Crippen LogP) is 3.99. The lowest BCUT2D eigenvalue weighted by atomic mass is 10.2. The number of methoxy groups -OCH3 is 2. The molecule has 2 atom stereocenters. The molecule has 0 N–H and O–H groups in total. The molecule has 13 heavy (non-hydrogen) atoms. The van der Waals surface area contributed by atoms with Crippen LogP contribution in [-0.4, -0.2) is 26.4 Å². The van der Waals surface area contributed by atoms with Gasteiger partial charge in [-0.3, -0.25) is 0 Å². The average molecular weight is 196 g/mol. The highest BCUT2D eigenvalue weighted by Crippen LogP contribution is 2.02. The molecule has 0 bridgehead atoms. The fourth-order valence-electron chi connectivity index (χ4n) is 0.660. The first-order valence-corrected chi connectivity index (χ1v) is 3.26. The lowest BCUT2D eigenvalue weighted by Crippen LogP contribution is -2.15. The molecule has 2 nitrogen and oxygen atoms in total. The summed E-state index contributed by atoms with van der Waals surface area (Å²) in [7, 11) is 3.43. The van der Waals surface area contributed by atoms with E-state index in [-0.39, 0.29) is 29.7 Å². The molecule has 88 valence electrons. The third kappa shape index (κ3) is 18.7. The van der Waals surface area contributed by atoms with Gasteiger partial charge in [0.2, 0.25) is 0 Å². The summed E-state index contributed by atoms with van der Waals surface area (Å²) in [4.78, 5) is 0. The van der Waals surface area contributed by atoms with Crippen LogP contribution in [0.15, 0.2) is 0 Å². The fraction of sp³-hybridized carbons (Fsp3) is 1.00. The summed E-state index contributed by atoms with van der Waals surface area (Å²) in [6, 6.07) is 0. The SMILES string of the molecule is C.C.C.C.COC(C)CC(C)OC. The molecule has 0 aliphatic heterocycles. The van der Waals surface area contributed by atoms with Gasteiger partial charge in [0, 0.05) is 14.2 Å². The van der Waals surface area contributed by atoms with Crippen LogP contribution in [0.25, 0.3) is 0 Å². The Morgan fingerprint density at radius 2 is 1.00 bits per heavy atom. The maximum Gasteiger partial charge on any atom is 0.0567 e. The zero-order valence-electron chi connectivity index (χ0n) is 6.68. The molecule has 2 unspecified atom stereocenters. The van der Waals surface area contributed by atoms with Crippen molar-refractivity contribution in [1.29, 1.82) is 0 Å². The van der Waals surface area contributed by atoms with Gasteiger partial charge in [-0.1, -0.05) is 29.7 Å². The van der Waals surface area contributed by atoms with E-state index < -0.39 is 0 Å². The minimum Gasteiger partial charge on any atom is -0.382 e. The second-order valence-corrected chi connectivity index (χ2v) is 2.33. The zero-order chi connectivity index (χ0) is 7.28. The van der Waals surface area contributed by atoms with Crippen LogP contribution in [0.2, 0.25) is 0 Å². The minimum atomic E-state index is 0. The summed E-state index contributed by atoms with van der Waals surface area (Å²) < 4.78 is 10.1. The molecule has 0 heterocycles. The van der Waals surface area contributed by atoms with Crippen molar-refractivity contribution in [1.82, 2.24) is 0 Å². The number of rotatable bonds is 4. The molecule has 0 saturated carbocycles. The van der Waals surface area contributed by atoms with Crippen LogP contribution in [0.3, 0.4) is 0 Å². The fourth-order valence-corrected chi connectivity index (χ4v) is 0.660. The first kappa shape index (κ1) is 29.3. The lowest BCUT2D eigenvalue weighted by molar-refractivity contribution is 0.0397. The number of hydrogen-bond acceptors (Lipinski definition) is 2. The average Bonchev–Trinajstić information content (AvgIpc) is 1.87. The van der Waals surface area contributed by atoms with Gasteiger partial charge in [-0.05, 0) is 20.3 Å². The van der Waals surface area contributed by atoms with Crippen molar-refractivity contribution in [3.63, 3.8) is 0 Å². The van der Waals surface area contributed by atoms with Crippen LogP contribution < -0.4 is 0 Å². The van der Waals surface area contributed by atoms with Gasteiger partial charge in [0.15, 0.2) is 0 Å². The zero-order valence-corrected chi connectivity index (χ0v) is 6.68. The lowest BCUT2D eigenvalue weighted by Gasteiger charge is -2.13. The third-order valence-electron chi connectivity index (χ3n) is 1.47. The second-order valence-electron chi connectivity index (χ2n) is 2.33.